The van der Waals surface area contributed by atoms with Crippen LogP contribution < -0.4 is 15.6 Å². The number of fused-ring (bicyclic) bond motifs is 1. The molecule has 2 aromatic rings. The Labute approximate surface area is 104 Å². The fraction of sp³-hybridized carbons (Fsp3) is 0.231. The van der Waals surface area contributed by atoms with E-state index in [0.29, 0.717) is 17.9 Å². The number of nitrogens with zero attached hydrogens (tertiary/aromatic N) is 1. The van der Waals surface area contributed by atoms with Crippen molar-refractivity contribution in [1.82, 2.24) is 9.97 Å². The van der Waals surface area contributed by atoms with E-state index in [1.165, 1.54) is 6.33 Å². The summed E-state index contributed by atoms with van der Waals surface area (Å²) < 4.78 is 5.13. The molecule has 0 bridgehead atoms. The van der Waals surface area contributed by atoms with E-state index < -0.39 is 0 Å². The third-order valence-electron chi connectivity index (χ3n) is 3.23. The monoisotopic (exact) mass is 243 g/mol. The second-order valence-corrected chi connectivity index (χ2v) is 4.20. The standard InChI is InChI=1S/C13H13N3O2/c1-18-9-4-2-8(3-5-9)10-6-14-12-11(10)13(17)16-7-15-12/h2-5,7,10H,6H2,1H3,(H2,14,15,16,17)/t10-/m1/s1. The van der Waals surface area contributed by atoms with Crippen molar-refractivity contribution in [2.45, 2.75) is 5.92 Å². The minimum absolute atomic E-state index is 0.0448. The summed E-state index contributed by atoms with van der Waals surface area (Å²) in [6.45, 7) is 0.696. The number of aromatic nitrogens is 2. The lowest BCUT2D eigenvalue weighted by atomic mass is 9.95. The van der Waals surface area contributed by atoms with Gasteiger partial charge >= 0.3 is 0 Å². The van der Waals surface area contributed by atoms with Crippen LogP contribution in [0, 0.1) is 0 Å². The Morgan fingerprint density at radius 2 is 2.11 bits per heavy atom. The molecule has 0 radical (unpaired) electrons. The molecule has 92 valence electrons. The molecule has 0 saturated heterocycles. The van der Waals surface area contributed by atoms with Gasteiger partial charge in [0.25, 0.3) is 5.56 Å². The molecular formula is C13H13N3O2. The second kappa shape index (κ2) is 4.18. The Hall–Kier alpha value is -2.30. The van der Waals surface area contributed by atoms with Crippen LogP contribution in [0.5, 0.6) is 5.75 Å². The Kier molecular flexibility index (Phi) is 2.51. The van der Waals surface area contributed by atoms with E-state index in [4.69, 9.17) is 4.74 Å². The van der Waals surface area contributed by atoms with E-state index >= 15 is 0 Å². The molecule has 0 fully saturated rings. The lowest BCUT2D eigenvalue weighted by molar-refractivity contribution is 0.414. The van der Waals surface area contributed by atoms with Gasteiger partial charge in [0.2, 0.25) is 0 Å². The number of hydrogen-bond acceptors (Lipinski definition) is 4. The van der Waals surface area contributed by atoms with Crippen LogP contribution in [0.4, 0.5) is 5.82 Å². The molecule has 0 unspecified atom stereocenters. The lowest BCUT2D eigenvalue weighted by Gasteiger charge is -2.10. The van der Waals surface area contributed by atoms with Crippen LogP contribution in [0.15, 0.2) is 35.4 Å². The molecule has 2 N–H and O–H groups in total. The first-order valence-corrected chi connectivity index (χ1v) is 5.75. The summed E-state index contributed by atoms with van der Waals surface area (Å²) in [6.07, 6.45) is 1.42. The highest BCUT2D eigenvalue weighted by molar-refractivity contribution is 5.54. The first-order chi connectivity index (χ1) is 8.79. The zero-order chi connectivity index (χ0) is 12.5. The van der Waals surface area contributed by atoms with Gasteiger partial charge < -0.3 is 15.0 Å². The molecule has 5 heteroatoms. The summed E-state index contributed by atoms with van der Waals surface area (Å²) in [5.41, 5.74) is 1.72. The Bertz CT molecular complexity index is 619. The van der Waals surface area contributed by atoms with Gasteiger partial charge in [-0.3, -0.25) is 4.79 Å². The number of hydrogen-bond donors (Lipinski definition) is 2. The number of anilines is 1. The molecule has 1 aliphatic heterocycles. The smallest absolute Gasteiger partial charge is 0.256 e. The normalized spacial score (nSPS) is 17.1. The van der Waals surface area contributed by atoms with Crippen molar-refractivity contribution in [2.75, 3.05) is 19.0 Å². The van der Waals surface area contributed by atoms with Crippen molar-refractivity contribution < 1.29 is 4.74 Å². The van der Waals surface area contributed by atoms with Crippen LogP contribution in [0.25, 0.3) is 0 Å². The fourth-order valence-corrected chi connectivity index (χ4v) is 2.30. The summed E-state index contributed by atoms with van der Waals surface area (Å²) in [5.74, 6) is 1.54. The van der Waals surface area contributed by atoms with E-state index in [0.717, 1.165) is 11.3 Å². The molecule has 2 heterocycles. The fourth-order valence-electron chi connectivity index (χ4n) is 2.30. The molecule has 1 aliphatic rings. The molecule has 18 heavy (non-hydrogen) atoms. The molecular weight excluding hydrogens is 230 g/mol. The summed E-state index contributed by atoms with van der Waals surface area (Å²) in [6, 6.07) is 7.76. The first kappa shape index (κ1) is 10.8. The Morgan fingerprint density at radius 1 is 1.33 bits per heavy atom. The molecule has 1 aromatic heterocycles. The van der Waals surface area contributed by atoms with Gasteiger partial charge in [-0.1, -0.05) is 12.1 Å². The number of nitrogens with one attached hydrogen (secondary N) is 2. The van der Waals surface area contributed by atoms with Gasteiger partial charge in [-0.15, -0.1) is 0 Å². The van der Waals surface area contributed by atoms with Gasteiger partial charge in [-0.25, -0.2) is 4.98 Å². The molecule has 0 saturated carbocycles. The number of H-pyrrole nitrogens is 1. The van der Waals surface area contributed by atoms with E-state index in [9.17, 15) is 4.79 Å². The first-order valence-electron chi connectivity index (χ1n) is 5.75. The van der Waals surface area contributed by atoms with Gasteiger partial charge in [0.1, 0.15) is 11.6 Å². The molecule has 3 rings (SSSR count). The number of aromatic amines is 1. The van der Waals surface area contributed by atoms with Crippen LogP contribution in [0.2, 0.25) is 0 Å². The predicted octanol–water partition coefficient (Wildman–Crippen LogP) is 1.34. The van der Waals surface area contributed by atoms with Crippen molar-refractivity contribution in [2.24, 2.45) is 0 Å². The minimum Gasteiger partial charge on any atom is -0.497 e. The van der Waals surface area contributed by atoms with Crippen molar-refractivity contribution in [3.8, 4) is 5.75 Å². The highest BCUT2D eigenvalue weighted by atomic mass is 16.5. The molecule has 1 atom stereocenters. The maximum atomic E-state index is 11.9. The molecule has 1 aromatic carbocycles. The van der Waals surface area contributed by atoms with Gasteiger partial charge in [-0.05, 0) is 17.7 Å². The van der Waals surface area contributed by atoms with Crippen molar-refractivity contribution in [3.05, 3.63) is 52.1 Å². The van der Waals surface area contributed by atoms with Crippen molar-refractivity contribution in [1.29, 1.82) is 0 Å². The lowest BCUT2D eigenvalue weighted by Crippen LogP contribution is -2.15. The highest BCUT2D eigenvalue weighted by Crippen LogP contribution is 2.32. The van der Waals surface area contributed by atoms with Gasteiger partial charge in [0.05, 0.1) is 19.0 Å². The predicted molar refractivity (Wildman–Crippen MR) is 68.2 cm³/mol. The van der Waals surface area contributed by atoms with Crippen molar-refractivity contribution in [3.63, 3.8) is 0 Å². The van der Waals surface area contributed by atoms with Crippen molar-refractivity contribution >= 4 is 5.82 Å². The van der Waals surface area contributed by atoms with E-state index in [1.54, 1.807) is 7.11 Å². The Balaban J connectivity index is 2.03. The summed E-state index contributed by atoms with van der Waals surface area (Å²) in [5, 5.41) is 3.16. The quantitative estimate of drug-likeness (QED) is 0.835. The maximum Gasteiger partial charge on any atom is 0.256 e. The van der Waals surface area contributed by atoms with E-state index in [2.05, 4.69) is 15.3 Å². The van der Waals surface area contributed by atoms with Crippen LogP contribution in [-0.4, -0.2) is 23.6 Å². The van der Waals surface area contributed by atoms with Gasteiger partial charge in [0.15, 0.2) is 0 Å². The SMILES string of the molecule is COc1ccc([C@H]2CNc3nc[nH]c(=O)c32)cc1. The third-order valence-corrected chi connectivity index (χ3v) is 3.23. The minimum atomic E-state index is -0.0779. The van der Waals surface area contributed by atoms with Crippen LogP contribution in [0.3, 0.4) is 0 Å². The van der Waals surface area contributed by atoms with Crippen LogP contribution in [0.1, 0.15) is 17.0 Å². The molecule has 0 spiro atoms. The topological polar surface area (TPSA) is 67.0 Å². The highest BCUT2D eigenvalue weighted by Gasteiger charge is 2.27. The van der Waals surface area contributed by atoms with Crippen LogP contribution >= 0.6 is 0 Å². The van der Waals surface area contributed by atoms with E-state index in [-0.39, 0.29) is 11.5 Å². The Morgan fingerprint density at radius 3 is 2.83 bits per heavy atom. The second-order valence-electron chi connectivity index (χ2n) is 4.20. The number of ether oxygens (including phenoxy) is 1. The number of benzene rings is 1. The average molecular weight is 243 g/mol. The molecule has 5 nitrogen and oxygen atoms in total. The summed E-state index contributed by atoms with van der Waals surface area (Å²) >= 11 is 0. The van der Waals surface area contributed by atoms with Gasteiger partial charge in [-0.2, -0.15) is 0 Å². The maximum absolute atomic E-state index is 11.9. The van der Waals surface area contributed by atoms with E-state index in [1.807, 2.05) is 24.3 Å². The van der Waals surface area contributed by atoms with Crippen LogP contribution in [-0.2, 0) is 0 Å². The zero-order valence-electron chi connectivity index (χ0n) is 9.93. The molecule has 0 aliphatic carbocycles. The number of methoxy groups -OCH3 is 1. The third kappa shape index (κ3) is 1.64. The number of rotatable bonds is 2. The molecule has 0 amide bonds. The summed E-state index contributed by atoms with van der Waals surface area (Å²) in [7, 11) is 1.63. The zero-order valence-corrected chi connectivity index (χ0v) is 9.93. The van der Waals surface area contributed by atoms with Gasteiger partial charge in [0, 0.05) is 12.5 Å². The average Bonchev–Trinajstić information content (AvgIpc) is 2.84. The summed E-state index contributed by atoms with van der Waals surface area (Å²) in [4.78, 5) is 18.6. The largest absolute Gasteiger partial charge is 0.497 e.